The molecule has 0 aromatic heterocycles. The van der Waals surface area contributed by atoms with Crippen molar-refractivity contribution in [3.8, 4) is 0 Å². The zero-order valence-corrected chi connectivity index (χ0v) is 11.5. The van der Waals surface area contributed by atoms with E-state index in [0.29, 0.717) is 12.5 Å². The molecule has 2 atom stereocenters. The van der Waals surface area contributed by atoms with Gasteiger partial charge in [-0.25, -0.2) is 8.42 Å². The quantitative estimate of drug-likeness (QED) is 0.710. The minimum atomic E-state index is -3.13. The number of esters is 1. The molecule has 0 aromatic rings. The first-order chi connectivity index (χ1) is 7.95. The van der Waals surface area contributed by atoms with Gasteiger partial charge in [-0.1, -0.05) is 19.8 Å². The van der Waals surface area contributed by atoms with Crippen LogP contribution in [0.2, 0.25) is 0 Å². The molecule has 1 fully saturated rings. The average molecular weight is 262 g/mol. The number of hydrogen-bond acceptors (Lipinski definition) is 4. The van der Waals surface area contributed by atoms with Crippen molar-refractivity contribution in [1.82, 2.24) is 0 Å². The lowest BCUT2D eigenvalue weighted by molar-refractivity contribution is -0.142. The fraction of sp³-hybridized carbons (Fsp3) is 0.917. The largest absolute Gasteiger partial charge is 0.466 e. The van der Waals surface area contributed by atoms with Crippen molar-refractivity contribution in [1.29, 1.82) is 0 Å². The third kappa shape index (κ3) is 4.66. The van der Waals surface area contributed by atoms with E-state index < -0.39 is 15.8 Å². The van der Waals surface area contributed by atoms with E-state index in [-0.39, 0.29) is 17.4 Å². The van der Waals surface area contributed by atoms with E-state index in [4.69, 9.17) is 4.74 Å². The van der Waals surface area contributed by atoms with Crippen molar-refractivity contribution in [3.63, 3.8) is 0 Å². The molecular weight excluding hydrogens is 240 g/mol. The standard InChI is InChI=1S/C12H22O4S/c1-3-16-12(13)7-8-17(14,15)11-6-4-5-10(2)9-11/h10-11H,3-9H2,1-2H3. The molecule has 0 aromatic carbocycles. The van der Waals surface area contributed by atoms with Crippen molar-refractivity contribution in [2.24, 2.45) is 5.92 Å². The molecule has 4 nitrogen and oxygen atoms in total. The molecule has 0 spiro atoms. The minimum absolute atomic E-state index is 0.0128. The van der Waals surface area contributed by atoms with Crippen molar-refractivity contribution in [2.45, 2.75) is 51.2 Å². The summed E-state index contributed by atoms with van der Waals surface area (Å²) in [6.45, 7) is 4.11. The molecule has 5 heteroatoms. The molecule has 0 N–H and O–H groups in total. The van der Waals surface area contributed by atoms with Crippen molar-refractivity contribution >= 4 is 15.8 Å². The second kappa shape index (κ2) is 6.38. The van der Waals surface area contributed by atoms with E-state index in [9.17, 15) is 13.2 Å². The highest BCUT2D eigenvalue weighted by Gasteiger charge is 2.30. The molecule has 1 rings (SSSR count). The summed E-state index contributed by atoms with van der Waals surface area (Å²) in [5.41, 5.74) is 0. The molecule has 1 aliphatic rings. The molecule has 0 radical (unpaired) electrons. The van der Waals surface area contributed by atoms with Crippen LogP contribution in [0.1, 0.15) is 46.0 Å². The zero-order chi connectivity index (χ0) is 12.9. The summed E-state index contributed by atoms with van der Waals surface area (Å²) in [6.07, 6.45) is 3.57. The van der Waals surface area contributed by atoms with Gasteiger partial charge in [-0.15, -0.1) is 0 Å². The van der Waals surface area contributed by atoms with Crippen LogP contribution in [-0.2, 0) is 19.4 Å². The lowest BCUT2D eigenvalue weighted by Crippen LogP contribution is -2.30. The maximum Gasteiger partial charge on any atom is 0.306 e. The molecule has 2 unspecified atom stereocenters. The fourth-order valence-electron chi connectivity index (χ4n) is 2.33. The number of ether oxygens (including phenoxy) is 1. The second-order valence-corrected chi connectivity index (χ2v) is 7.22. The summed E-state index contributed by atoms with van der Waals surface area (Å²) in [5.74, 6) is -0.00509. The van der Waals surface area contributed by atoms with Crippen molar-refractivity contribution in [2.75, 3.05) is 12.4 Å². The summed E-state index contributed by atoms with van der Waals surface area (Å²) >= 11 is 0. The smallest absolute Gasteiger partial charge is 0.306 e. The fourth-order valence-corrected chi connectivity index (χ4v) is 4.26. The molecule has 0 aliphatic heterocycles. The third-order valence-corrected chi connectivity index (χ3v) is 5.51. The van der Waals surface area contributed by atoms with Crippen LogP contribution in [0.3, 0.4) is 0 Å². The predicted octanol–water partition coefficient (Wildman–Crippen LogP) is 1.93. The van der Waals surface area contributed by atoms with Crippen LogP contribution < -0.4 is 0 Å². The van der Waals surface area contributed by atoms with E-state index in [0.717, 1.165) is 25.7 Å². The molecule has 1 saturated carbocycles. The van der Waals surface area contributed by atoms with E-state index >= 15 is 0 Å². The second-order valence-electron chi connectivity index (χ2n) is 4.82. The summed E-state index contributed by atoms with van der Waals surface area (Å²) in [4.78, 5) is 11.2. The highest BCUT2D eigenvalue weighted by Crippen LogP contribution is 2.28. The normalized spacial score (nSPS) is 25.5. The van der Waals surface area contributed by atoms with Gasteiger partial charge in [-0.2, -0.15) is 0 Å². The van der Waals surface area contributed by atoms with E-state index in [2.05, 4.69) is 6.92 Å². The Morgan fingerprint density at radius 1 is 1.35 bits per heavy atom. The topological polar surface area (TPSA) is 60.4 Å². The van der Waals surface area contributed by atoms with E-state index in [1.54, 1.807) is 6.92 Å². The van der Waals surface area contributed by atoms with Gasteiger partial charge in [0.05, 0.1) is 24.0 Å². The molecule has 17 heavy (non-hydrogen) atoms. The SMILES string of the molecule is CCOC(=O)CCS(=O)(=O)C1CCCC(C)C1. The van der Waals surface area contributed by atoms with Gasteiger partial charge in [0, 0.05) is 0 Å². The lowest BCUT2D eigenvalue weighted by atomic mass is 9.91. The summed E-state index contributed by atoms with van der Waals surface area (Å²) in [5, 5.41) is -0.249. The number of hydrogen-bond donors (Lipinski definition) is 0. The van der Waals surface area contributed by atoms with Crippen LogP contribution in [0.5, 0.6) is 0 Å². The number of rotatable bonds is 5. The first-order valence-electron chi connectivity index (χ1n) is 6.33. The van der Waals surface area contributed by atoms with E-state index in [1.165, 1.54) is 0 Å². The van der Waals surface area contributed by atoms with E-state index in [1.807, 2.05) is 0 Å². The molecule has 0 amide bonds. The Kier molecular flexibility index (Phi) is 5.43. The Morgan fingerprint density at radius 3 is 2.65 bits per heavy atom. The molecular formula is C12H22O4S. The van der Waals surface area contributed by atoms with Crippen LogP contribution in [0.15, 0.2) is 0 Å². The molecule has 0 heterocycles. The highest BCUT2D eigenvalue weighted by molar-refractivity contribution is 7.92. The first kappa shape index (κ1) is 14.5. The Morgan fingerprint density at radius 2 is 2.06 bits per heavy atom. The van der Waals surface area contributed by atoms with Gasteiger partial charge in [0.2, 0.25) is 0 Å². The van der Waals surface area contributed by atoms with Crippen LogP contribution >= 0.6 is 0 Å². The summed E-state index contributed by atoms with van der Waals surface area (Å²) in [6, 6.07) is 0. The molecule has 100 valence electrons. The molecule has 0 bridgehead atoms. The highest BCUT2D eigenvalue weighted by atomic mass is 32.2. The third-order valence-electron chi connectivity index (χ3n) is 3.29. The predicted molar refractivity (Wildman–Crippen MR) is 66.5 cm³/mol. The Balaban J connectivity index is 2.47. The van der Waals surface area contributed by atoms with Gasteiger partial charge in [0.15, 0.2) is 9.84 Å². The minimum Gasteiger partial charge on any atom is -0.466 e. The van der Waals surface area contributed by atoms with Crippen LogP contribution in [0.4, 0.5) is 0 Å². The van der Waals surface area contributed by atoms with Gasteiger partial charge < -0.3 is 4.74 Å². The van der Waals surface area contributed by atoms with Crippen molar-refractivity contribution < 1.29 is 17.9 Å². The van der Waals surface area contributed by atoms with Crippen LogP contribution in [-0.4, -0.2) is 32.0 Å². The van der Waals surface area contributed by atoms with Gasteiger partial charge in [-0.3, -0.25) is 4.79 Å². The van der Waals surface area contributed by atoms with Gasteiger partial charge in [0.25, 0.3) is 0 Å². The Bertz CT molecular complexity index is 348. The van der Waals surface area contributed by atoms with Crippen LogP contribution in [0.25, 0.3) is 0 Å². The van der Waals surface area contributed by atoms with Gasteiger partial charge in [-0.05, 0) is 25.7 Å². The van der Waals surface area contributed by atoms with Gasteiger partial charge in [0.1, 0.15) is 0 Å². The summed E-state index contributed by atoms with van der Waals surface area (Å²) in [7, 11) is -3.13. The molecule has 1 aliphatic carbocycles. The maximum atomic E-state index is 12.0. The Hall–Kier alpha value is -0.580. The van der Waals surface area contributed by atoms with Crippen LogP contribution in [0, 0.1) is 5.92 Å². The number of carbonyl (C=O) groups excluding carboxylic acids is 1. The zero-order valence-electron chi connectivity index (χ0n) is 10.6. The number of carbonyl (C=O) groups is 1. The maximum absolute atomic E-state index is 12.0. The lowest BCUT2D eigenvalue weighted by Gasteiger charge is -2.26. The monoisotopic (exact) mass is 262 g/mol. The average Bonchev–Trinajstić information content (AvgIpc) is 2.27. The Labute approximate surface area is 104 Å². The first-order valence-corrected chi connectivity index (χ1v) is 8.04. The summed E-state index contributed by atoms with van der Waals surface area (Å²) < 4.78 is 28.8. The van der Waals surface area contributed by atoms with Crippen molar-refractivity contribution in [3.05, 3.63) is 0 Å². The molecule has 0 saturated heterocycles. The number of sulfone groups is 1. The van der Waals surface area contributed by atoms with Gasteiger partial charge >= 0.3 is 5.97 Å².